The van der Waals surface area contributed by atoms with Crippen molar-refractivity contribution in [3.63, 3.8) is 0 Å². The molecule has 4 aliphatic carbocycles. The molecule has 6 rings (SSSR count). The van der Waals surface area contributed by atoms with E-state index in [1.165, 1.54) is 0 Å². The number of carbonyl (C=O) groups excluding carboxylic acids is 3. The summed E-state index contributed by atoms with van der Waals surface area (Å²) in [6, 6.07) is 2.01. The highest BCUT2D eigenvalue weighted by molar-refractivity contribution is 5.93. The van der Waals surface area contributed by atoms with Gasteiger partial charge in [-0.3, -0.25) is 19.4 Å². The molecule has 0 bridgehead atoms. The lowest BCUT2D eigenvalue weighted by molar-refractivity contribution is -0.234. The van der Waals surface area contributed by atoms with Crippen LogP contribution in [0.3, 0.4) is 0 Å². The number of hydrogen-bond acceptors (Lipinski definition) is 8. The largest absolute Gasteiger partial charge is 0.457 e. The van der Waals surface area contributed by atoms with Gasteiger partial charge in [0.25, 0.3) is 0 Å². The molecule has 2 heterocycles. The molecule has 3 saturated carbocycles. The number of esters is 2. The maximum atomic E-state index is 18.2. The van der Waals surface area contributed by atoms with Crippen LogP contribution in [0.5, 0.6) is 0 Å². The van der Waals surface area contributed by atoms with Crippen LogP contribution in [0.4, 0.5) is 4.39 Å². The van der Waals surface area contributed by atoms with E-state index in [1.807, 2.05) is 44.5 Å². The number of pyridine rings is 1. The van der Waals surface area contributed by atoms with Gasteiger partial charge in [-0.2, -0.15) is 5.10 Å². The molecule has 45 heavy (non-hydrogen) atoms. The van der Waals surface area contributed by atoms with E-state index < -0.39 is 64.4 Å². The molecule has 3 fully saturated rings. The van der Waals surface area contributed by atoms with Crippen molar-refractivity contribution in [2.24, 2.45) is 28.6 Å². The van der Waals surface area contributed by atoms with Crippen LogP contribution in [0, 0.1) is 35.5 Å². The molecule has 1 N–H and O–H groups in total. The predicted molar refractivity (Wildman–Crippen MR) is 164 cm³/mol. The maximum Gasteiger partial charge on any atom is 0.306 e. The van der Waals surface area contributed by atoms with Gasteiger partial charge in [-0.25, -0.2) is 9.07 Å². The molecule has 0 spiro atoms. The summed E-state index contributed by atoms with van der Waals surface area (Å²) >= 11 is 0. The second-order valence-corrected chi connectivity index (χ2v) is 14.2. The number of carbonyl (C=O) groups is 3. The Morgan fingerprint density at radius 3 is 2.53 bits per heavy atom. The summed E-state index contributed by atoms with van der Waals surface area (Å²) in [6.45, 7) is 10.4. The Morgan fingerprint density at radius 1 is 1.11 bits per heavy atom. The average molecular weight is 622 g/mol. The Bertz CT molecular complexity index is 1590. The number of Topliss-reactive ketones (excluding diaryl/α,β-unsaturated/α-hetero) is 1. The molecule has 4 aliphatic rings. The molecule has 8 atom stereocenters. The van der Waals surface area contributed by atoms with E-state index in [0.717, 1.165) is 28.1 Å². The zero-order valence-electron chi connectivity index (χ0n) is 27.1. The first kappa shape index (κ1) is 31.6. The van der Waals surface area contributed by atoms with Crippen molar-refractivity contribution in [3.8, 4) is 5.69 Å². The summed E-state index contributed by atoms with van der Waals surface area (Å²) in [4.78, 5) is 43.3. The molecule has 9 nitrogen and oxygen atoms in total. The smallest absolute Gasteiger partial charge is 0.306 e. The number of aryl methyl sites for hydroxylation is 1. The van der Waals surface area contributed by atoms with Crippen molar-refractivity contribution >= 4 is 23.8 Å². The highest BCUT2D eigenvalue weighted by atomic mass is 19.1. The van der Waals surface area contributed by atoms with Crippen LogP contribution >= 0.6 is 0 Å². The van der Waals surface area contributed by atoms with Gasteiger partial charge in [0.2, 0.25) is 5.78 Å². The number of aliphatic hydroxyl groups is 1. The van der Waals surface area contributed by atoms with E-state index in [2.05, 4.69) is 10.1 Å². The summed E-state index contributed by atoms with van der Waals surface area (Å²) in [6.07, 6.45) is 7.96. The van der Waals surface area contributed by atoms with Crippen molar-refractivity contribution in [1.82, 2.24) is 14.8 Å². The van der Waals surface area contributed by atoms with Crippen molar-refractivity contribution in [2.45, 2.75) is 104 Å². The van der Waals surface area contributed by atoms with Gasteiger partial charge in [-0.1, -0.05) is 40.2 Å². The summed E-state index contributed by atoms with van der Waals surface area (Å²) in [5.74, 6) is -2.98. The van der Waals surface area contributed by atoms with E-state index >= 15 is 4.39 Å². The van der Waals surface area contributed by atoms with E-state index in [9.17, 15) is 19.5 Å². The summed E-state index contributed by atoms with van der Waals surface area (Å²) < 4.78 is 31.4. The van der Waals surface area contributed by atoms with Crippen molar-refractivity contribution in [3.05, 3.63) is 47.1 Å². The molecule has 2 aromatic rings. The number of allylic oxidation sites excluding steroid dienone is 1. The van der Waals surface area contributed by atoms with Crippen LogP contribution in [-0.2, 0) is 30.3 Å². The first-order chi connectivity index (χ1) is 21.3. The van der Waals surface area contributed by atoms with Gasteiger partial charge in [0.05, 0.1) is 29.9 Å². The van der Waals surface area contributed by atoms with Gasteiger partial charge in [0.1, 0.15) is 5.67 Å². The van der Waals surface area contributed by atoms with E-state index in [4.69, 9.17) is 9.47 Å². The number of hydrogen-bond donors (Lipinski definition) is 1. The standard InChI is InChI=1S/C35H44FN3O6/c1-7-30(42)44-19-29(41)35(45-31(43)8-2)21(4)12-26-25-10-9-23-13-27-22(17-38-39(27)24-11-20(3)16-37-18-24)14-32(23,5)34(25,36)28(40)15-33(26,35)6/h11,13,16-18,21,25-26,28,40H,7-10,12,14-15,19H2,1-6H3/t21-,25-,26-,28-,32-,33-,34-,35-/m0/s1. The lowest BCUT2D eigenvalue weighted by Gasteiger charge is -2.63. The van der Waals surface area contributed by atoms with Crippen LogP contribution in [0.1, 0.15) is 90.0 Å². The zero-order chi connectivity index (χ0) is 32.5. The third kappa shape index (κ3) is 4.30. The second kappa shape index (κ2) is 10.9. The Kier molecular flexibility index (Phi) is 7.61. The minimum Gasteiger partial charge on any atom is -0.457 e. The Balaban J connectivity index is 1.39. The van der Waals surface area contributed by atoms with Crippen LogP contribution in [0.25, 0.3) is 11.8 Å². The van der Waals surface area contributed by atoms with Gasteiger partial charge < -0.3 is 14.6 Å². The molecular formula is C35H44FN3O6. The van der Waals surface area contributed by atoms with Gasteiger partial charge in [-0.15, -0.1) is 0 Å². The summed E-state index contributed by atoms with van der Waals surface area (Å²) in [7, 11) is 0. The van der Waals surface area contributed by atoms with E-state index in [0.29, 0.717) is 25.7 Å². The van der Waals surface area contributed by atoms with Gasteiger partial charge in [0, 0.05) is 41.7 Å². The Morgan fingerprint density at radius 2 is 1.84 bits per heavy atom. The highest BCUT2D eigenvalue weighted by Crippen LogP contribution is 2.72. The number of alkyl halides is 1. The Hall–Kier alpha value is -3.40. The summed E-state index contributed by atoms with van der Waals surface area (Å²) in [5, 5.41) is 16.7. The fourth-order valence-electron chi connectivity index (χ4n) is 9.71. The molecule has 0 radical (unpaired) electrons. The van der Waals surface area contributed by atoms with Crippen LogP contribution in [0.15, 0.2) is 30.2 Å². The first-order valence-electron chi connectivity index (χ1n) is 16.2. The van der Waals surface area contributed by atoms with Crippen molar-refractivity contribution in [1.29, 1.82) is 0 Å². The number of halogens is 1. The number of fused-ring (bicyclic) bond motifs is 6. The molecule has 0 aliphatic heterocycles. The number of aromatic nitrogens is 3. The van der Waals surface area contributed by atoms with Gasteiger partial charge >= 0.3 is 11.9 Å². The molecule has 2 aromatic heterocycles. The van der Waals surface area contributed by atoms with E-state index in [1.54, 1.807) is 32.4 Å². The number of rotatable bonds is 7. The number of aliphatic hydroxyl groups excluding tert-OH is 1. The van der Waals surface area contributed by atoms with Crippen LogP contribution in [-0.4, -0.2) is 61.6 Å². The Labute approximate surface area is 263 Å². The van der Waals surface area contributed by atoms with E-state index in [-0.39, 0.29) is 25.2 Å². The number of ketones is 1. The minimum atomic E-state index is -1.99. The summed E-state index contributed by atoms with van der Waals surface area (Å²) in [5.41, 5.74) is -1.12. The fourth-order valence-corrected chi connectivity index (χ4v) is 9.71. The average Bonchev–Trinajstić information content (AvgIpc) is 3.50. The minimum absolute atomic E-state index is 0.0527. The third-order valence-corrected chi connectivity index (χ3v) is 11.9. The zero-order valence-corrected chi connectivity index (χ0v) is 27.1. The monoisotopic (exact) mass is 621 g/mol. The third-order valence-electron chi connectivity index (χ3n) is 11.9. The maximum absolute atomic E-state index is 18.2. The topological polar surface area (TPSA) is 121 Å². The molecule has 10 heteroatoms. The molecular weight excluding hydrogens is 577 g/mol. The lowest BCUT2D eigenvalue weighted by atomic mass is 9.43. The quantitative estimate of drug-likeness (QED) is 0.415. The molecule has 0 amide bonds. The first-order valence-corrected chi connectivity index (χ1v) is 16.2. The van der Waals surface area contributed by atoms with Crippen LogP contribution in [0.2, 0.25) is 0 Å². The van der Waals surface area contributed by atoms with Crippen molar-refractivity contribution in [2.75, 3.05) is 6.61 Å². The molecule has 0 saturated heterocycles. The molecule has 0 aromatic carbocycles. The highest BCUT2D eigenvalue weighted by Gasteiger charge is 2.77. The number of nitrogens with zero attached hydrogens (tertiary/aromatic N) is 3. The lowest BCUT2D eigenvalue weighted by Crippen LogP contribution is -2.70. The molecule has 0 unspecified atom stereocenters. The van der Waals surface area contributed by atoms with Crippen LogP contribution < -0.4 is 0 Å². The van der Waals surface area contributed by atoms with Crippen molar-refractivity contribution < 1.29 is 33.4 Å². The van der Waals surface area contributed by atoms with Gasteiger partial charge in [0.15, 0.2) is 12.2 Å². The number of ether oxygens (including phenoxy) is 2. The SMILES string of the molecule is CCC(=O)OCC(=O)[C@@]1(OC(=O)CC)[C@@H](C)C[C@H]2[C@@H]3CCC4=Cc5c(cnn5-c5cncc(C)c5)C[C@]4(C)[C@@]3(F)[C@@H](O)C[C@@]21C. The van der Waals surface area contributed by atoms with Gasteiger partial charge in [-0.05, 0) is 68.2 Å². The predicted octanol–water partition coefficient (Wildman–Crippen LogP) is 5.28. The molecule has 242 valence electrons. The second-order valence-electron chi connectivity index (χ2n) is 14.2. The fraction of sp³-hybridized carbons (Fsp3) is 0.629. The normalized spacial score (nSPS) is 36.6.